The van der Waals surface area contributed by atoms with Crippen LogP contribution in [-0.2, 0) is 19.9 Å². The monoisotopic (exact) mass is 343 g/mol. The fraction of sp³-hybridized carbons (Fsp3) is 0.812. The highest BCUT2D eigenvalue weighted by molar-refractivity contribution is 9.10. The number of aromatic nitrogens is 2. The molecule has 0 aliphatic rings. The lowest BCUT2D eigenvalue weighted by molar-refractivity contribution is 0.281. The summed E-state index contributed by atoms with van der Waals surface area (Å²) in [4.78, 5) is 0. The minimum Gasteiger partial charge on any atom is -0.314 e. The van der Waals surface area contributed by atoms with Gasteiger partial charge in [0.15, 0.2) is 0 Å². The summed E-state index contributed by atoms with van der Waals surface area (Å²) >= 11 is 3.72. The second-order valence-corrected chi connectivity index (χ2v) is 7.38. The molecule has 1 heterocycles. The zero-order valence-corrected chi connectivity index (χ0v) is 15.5. The maximum atomic E-state index is 4.60. The summed E-state index contributed by atoms with van der Waals surface area (Å²) in [7, 11) is 2.05. The molecule has 116 valence electrons. The fourth-order valence-electron chi connectivity index (χ4n) is 2.83. The maximum Gasteiger partial charge on any atom is 0.0766 e. The average molecular weight is 344 g/mol. The molecule has 0 saturated heterocycles. The molecule has 0 fully saturated rings. The third kappa shape index (κ3) is 4.88. The van der Waals surface area contributed by atoms with Crippen LogP contribution in [0, 0.1) is 5.41 Å². The van der Waals surface area contributed by atoms with E-state index in [0.717, 1.165) is 25.1 Å². The second kappa shape index (κ2) is 7.60. The van der Waals surface area contributed by atoms with Crippen molar-refractivity contribution in [1.29, 1.82) is 0 Å². The SMILES string of the molecule is CCCNC(C)CC(C)(C)Cc1c(Br)c(CC)nn1C. The van der Waals surface area contributed by atoms with E-state index in [-0.39, 0.29) is 5.41 Å². The van der Waals surface area contributed by atoms with Crippen molar-refractivity contribution in [3.05, 3.63) is 15.9 Å². The molecular formula is C16H30BrN3. The minimum atomic E-state index is 0.265. The number of hydrogen-bond donors (Lipinski definition) is 1. The summed E-state index contributed by atoms with van der Waals surface area (Å²) in [6.07, 6.45) is 4.39. The number of hydrogen-bond acceptors (Lipinski definition) is 2. The van der Waals surface area contributed by atoms with Crippen molar-refractivity contribution in [3.8, 4) is 0 Å². The number of rotatable bonds is 8. The van der Waals surface area contributed by atoms with Crippen LogP contribution in [0.25, 0.3) is 0 Å². The molecule has 20 heavy (non-hydrogen) atoms. The quantitative estimate of drug-likeness (QED) is 0.770. The summed E-state index contributed by atoms with van der Waals surface area (Å²) in [5, 5.41) is 8.18. The number of nitrogens with zero attached hydrogens (tertiary/aromatic N) is 2. The molecule has 0 aliphatic carbocycles. The molecule has 0 aromatic carbocycles. The fourth-order valence-corrected chi connectivity index (χ4v) is 3.59. The summed E-state index contributed by atoms with van der Waals surface area (Å²) in [6, 6.07) is 0.558. The second-order valence-electron chi connectivity index (χ2n) is 6.58. The van der Waals surface area contributed by atoms with Gasteiger partial charge in [-0.2, -0.15) is 5.10 Å². The van der Waals surface area contributed by atoms with E-state index >= 15 is 0 Å². The Labute approximate surface area is 132 Å². The molecule has 0 aliphatic heterocycles. The average Bonchev–Trinajstić information content (AvgIpc) is 2.62. The van der Waals surface area contributed by atoms with E-state index in [4.69, 9.17) is 0 Å². The lowest BCUT2D eigenvalue weighted by Gasteiger charge is -2.29. The molecule has 0 spiro atoms. The first-order valence-electron chi connectivity index (χ1n) is 7.74. The van der Waals surface area contributed by atoms with Crippen LogP contribution in [0.1, 0.15) is 58.8 Å². The molecule has 1 aromatic rings. The first-order chi connectivity index (χ1) is 9.30. The van der Waals surface area contributed by atoms with Crippen LogP contribution in [-0.4, -0.2) is 22.4 Å². The Hall–Kier alpha value is -0.350. The van der Waals surface area contributed by atoms with Gasteiger partial charge in [-0.3, -0.25) is 4.68 Å². The number of nitrogens with one attached hydrogen (secondary N) is 1. The Morgan fingerprint density at radius 3 is 2.50 bits per heavy atom. The molecule has 1 rings (SSSR count). The van der Waals surface area contributed by atoms with E-state index in [1.54, 1.807) is 0 Å². The largest absolute Gasteiger partial charge is 0.314 e. The van der Waals surface area contributed by atoms with Crippen LogP contribution >= 0.6 is 15.9 Å². The van der Waals surface area contributed by atoms with Gasteiger partial charge >= 0.3 is 0 Å². The van der Waals surface area contributed by atoms with Crippen molar-refractivity contribution in [2.24, 2.45) is 12.5 Å². The van der Waals surface area contributed by atoms with Crippen molar-refractivity contribution >= 4 is 15.9 Å². The molecular weight excluding hydrogens is 314 g/mol. The van der Waals surface area contributed by atoms with Gasteiger partial charge in [-0.05, 0) is 60.5 Å². The highest BCUT2D eigenvalue weighted by Crippen LogP contribution is 2.32. The van der Waals surface area contributed by atoms with Crippen molar-refractivity contribution in [3.63, 3.8) is 0 Å². The molecule has 1 atom stereocenters. The van der Waals surface area contributed by atoms with Crippen molar-refractivity contribution in [2.75, 3.05) is 6.54 Å². The Morgan fingerprint density at radius 2 is 2.00 bits per heavy atom. The predicted molar refractivity (Wildman–Crippen MR) is 90.1 cm³/mol. The van der Waals surface area contributed by atoms with Gasteiger partial charge < -0.3 is 5.32 Å². The number of halogens is 1. The normalized spacial score (nSPS) is 13.8. The van der Waals surface area contributed by atoms with Gasteiger partial charge in [-0.1, -0.05) is 27.7 Å². The summed E-state index contributed by atoms with van der Waals surface area (Å²) in [6.45, 7) is 12.5. The van der Waals surface area contributed by atoms with E-state index in [2.05, 4.69) is 61.0 Å². The van der Waals surface area contributed by atoms with Gasteiger partial charge in [0.05, 0.1) is 15.9 Å². The molecule has 3 nitrogen and oxygen atoms in total. The predicted octanol–water partition coefficient (Wildman–Crippen LogP) is 4.09. The van der Waals surface area contributed by atoms with Crippen molar-refractivity contribution in [1.82, 2.24) is 15.1 Å². The molecule has 0 saturated carbocycles. The molecule has 1 unspecified atom stereocenters. The molecule has 1 aromatic heterocycles. The minimum absolute atomic E-state index is 0.265. The molecule has 1 N–H and O–H groups in total. The third-order valence-corrected chi connectivity index (χ3v) is 4.67. The van der Waals surface area contributed by atoms with Gasteiger partial charge in [-0.25, -0.2) is 0 Å². The van der Waals surface area contributed by atoms with Gasteiger partial charge in [0.2, 0.25) is 0 Å². The number of aryl methyl sites for hydroxylation is 2. The Kier molecular flexibility index (Phi) is 6.73. The topological polar surface area (TPSA) is 29.9 Å². The standard InChI is InChI=1S/C16H30BrN3/c1-7-9-18-12(3)10-16(4,5)11-14-15(17)13(8-2)19-20(14)6/h12,18H,7-11H2,1-6H3. The van der Waals surface area contributed by atoms with E-state index in [1.807, 2.05) is 11.7 Å². The first-order valence-corrected chi connectivity index (χ1v) is 8.53. The first kappa shape index (κ1) is 17.7. The van der Waals surface area contributed by atoms with Gasteiger partial charge in [-0.15, -0.1) is 0 Å². The highest BCUT2D eigenvalue weighted by Gasteiger charge is 2.25. The summed E-state index contributed by atoms with van der Waals surface area (Å²) in [5.74, 6) is 0. The zero-order valence-electron chi connectivity index (χ0n) is 13.9. The van der Waals surface area contributed by atoms with Gasteiger partial charge in [0.25, 0.3) is 0 Å². The van der Waals surface area contributed by atoms with Crippen molar-refractivity contribution in [2.45, 2.75) is 66.3 Å². The van der Waals surface area contributed by atoms with Crippen LogP contribution in [0.4, 0.5) is 0 Å². The smallest absolute Gasteiger partial charge is 0.0766 e. The maximum absolute atomic E-state index is 4.60. The lowest BCUT2D eigenvalue weighted by Crippen LogP contribution is -2.33. The highest BCUT2D eigenvalue weighted by atomic mass is 79.9. The Bertz CT molecular complexity index is 424. The molecule has 0 amide bonds. The lowest BCUT2D eigenvalue weighted by atomic mass is 9.81. The third-order valence-electron chi connectivity index (χ3n) is 3.75. The Balaban J connectivity index is 2.73. The van der Waals surface area contributed by atoms with Gasteiger partial charge in [0, 0.05) is 13.1 Å². The summed E-state index contributed by atoms with van der Waals surface area (Å²) < 4.78 is 3.24. The van der Waals surface area contributed by atoms with Crippen LogP contribution < -0.4 is 5.32 Å². The summed E-state index contributed by atoms with van der Waals surface area (Å²) in [5.41, 5.74) is 2.74. The molecule has 4 heteroatoms. The van der Waals surface area contributed by atoms with E-state index < -0.39 is 0 Å². The zero-order chi connectivity index (χ0) is 15.3. The van der Waals surface area contributed by atoms with E-state index in [0.29, 0.717) is 6.04 Å². The van der Waals surface area contributed by atoms with Crippen LogP contribution in [0.3, 0.4) is 0 Å². The molecule has 0 radical (unpaired) electrons. The van der Waals surface area contributed by atoms with Crippen molar-refractivity contribution < 1.29 is 0 Å². The van der Waals surface area contributed by atoms with Crippen LogP contribution in [0.15, 0.2) is 4.47 Å². The van der Waals surface area contributed by atoms with Crippen LogP contribution in [0.2, 0.25) is 0 Å². The van der Waals surface area contributed by atoms with Crippen LogP contribution in [0.5, 0.6) is 0 Å². The van der Waals surface area contributed by atoms with E-state index in [9.17, 15) is 0 Å². The van der Waals surface area contributed by atoms with Gasteiger partial charge in [0.1, 0.15) is 0 Å². The van der Waals surface area contributed by atoms with E-state index in [1.165, 1.54) is 23.0 Å². The Morgan fingerprint density at radius 1 is 1.35 bits per heavy atom. The molecule has 0 bridgehead atoms.